The molecule has 4 N–H and O–H groups in total. The minimum Gasteiger partial charge on any atom is -0.392 e. The van der Waals surface area contributed by atoms with Gasteiger partial charge in [-0.05, 0) is 55.4 Å². The maximum Gasteiger partial charge on any atom is 0.253 e. The third-order valence-corrected chi connectivity index (χ3v) is 6.00. The van der Waals surface area contributed by atoms with Gasteiger partial charge in [0.1, 0.15) is 6.04 Å². The summed E-state index contributed by atoms with van der Waals surface area (Å²) in [5.41, 5.74) is 3.03. The molecule has 5 amide bonds. The van der Waals surface area contributed by atoms with Crippen LogP contribution in [0.4, 0.5) is 5.69 Å². The monoisotopic (exact) mass is 500 g/mol. The van der Waals surface area contributed by atoms with E-state index in [0.717, 1.165) is 16.7 Å². The zero-order valence-corrected chi connectivity index (χ0v) is 21.3. The lowest BCUT2D eigenvalue weighted by molar-refractivity contribution is -0.137. The fourth-order valence-corrected chi connectivity index (χ4v) is 3.82. The van der Waals surface area contributed by atoms with Crippen molar-refractivity contribution in [1.29, 1.82) is 0 Å². The number of amides is 5. The Labute approximate surface area is 211 Å². The molecule has 0 spiro atoms. The number of unbranched alkanes of at least 4 members (excludes halogenated alkanes) is 2. The van der Waals surface area contributed by atoms with Crippen LogP contribution in [0, 0.1) is 19.8 Å². The highest BCUT2D eigenvalue weighted by atomic mass is 16.3. The fraction of sp³-hybridized carbons (Fsp3) is 0.500. The Kier molecular flexibility index (Phi) is 10.8. The van der Waals surface area contributed by atoms with Gasteiger partial charge in [0.15, 0.2) is 0 Å². The molecule has 0 fully saturated rings. The number of imide groups is 1. The Morgan fingerprint density at radius 1 is 0.944 bits per heavy atom. The van der Waals surface area contributed by atoms with Crippen molar-refractivity contribution >= 4 is 35.2 Å². The highest BCUT2D eigenvalue weighted by Crippen LogP contribution is 2.20. The molecule has 1 unspecified atom stereocenters. The van der Waals surface area contributed by atoms with Gasteiger partial charge in [0.25, 0.3) is 11.8 Å². The predicted octanol–water partition coefficient (Wildman–Crippen LogP) is 1.48. The number of carbonyl (C=O) groups is 5. The number of hydrogen-bond acceptors (Lipinski definition) is 6. The number of aliphatic hydroxyl groups is 1. The number of aryl methyl sites for hydroxylation is 2. The number of nitrogens with zero attached hydrogens (tertiary/aromatic N) is 1. The first kappa shape index (κ1) is 28.7. The molecule has 0 saturated carbocycles. The van der Waals surface area contributed by atoms with Gasteiger partial charge in [0, 0.05) is 30.8 Å². The van der Waals surface area contributed by atoms with Crippen LogP contribution < -0.4 is 16.0 Å². The maximum atomic E-state index is 12.7. The minimum absolute atomic E-state index is 0.0857. The molecule has 196 valence electrons. The Morgan fingerprint density at radius 3 is 2.22 bits per heavy atom. The summed E-state index contributed by atoms with van der Waals surface area (Å²) in [4.78, 5) is 61.6. The maximum absolute atomic E-state index is 12.7. The van der Waals surface area contributed by atoms with E-state index in [1.807, 2.05) is 13.8 Å². The van der Waals surface area contributed by atoms with E-state index >= 15 is 0 Å². The zero-order valence-electron chi connectivity index (χ0n) is 21.3. The summed E-state index contributed by atoms with van der Waals surface area (Å²) in [5, 5.41) is 17.4. The summed E-state index contributed by atoms with van der Waals surface area (Å²) in [6, 6.07) is 2.79. The number of nitrogens with one attached hydrogen (secondary N) is 3. The average Bonchev–Trinajstić information content (AvgIpc) is 3.14. The molecule has 1 aliphatic rings. The van der Waals surface area contributed by atoms with Gasteiger partial charge >= 0.3 is 0 Å². The quantitative estimate of drug-likeness (QED) is 0.238. The van der Waals surface area contributed by atoms with Crippen molar-refractivity contribution in [3.05, 3.63) is 41.0 Å². The van der Waals surface area contributed by atoms with E-state index < -0.39 is 17.9 Å². The van der Waals surface area contributed by atoms with Gasteiger partial charge < -0.3 is 21.1 Å². The highest BCUT2D eigenvalue weighted by molar-refractivity contribution is 6.12. The second kappa shape index (κ2) is 13.5. The lowest BCUT2D eigenvalue weighted by atomic mass is 10.0. The number of hydrogen-bond donors (Lipinski definition) is 4. The van der Waals surface area contributed by atoms with Gasteiger partial charge in [-0.15, -0.1) is 0 Å². The van der Waals surface area contributed by atoms with E-state index in [1.54, 1.807) is 26.0 Å². The molecule has 2 rings (SSSR count). The van der Waals surface area contributed by atoms with Crippen molar-refractivity contribution < 1.29 is 29.1 Å². The van der Waals surface area contributed by atoms with Gasteiger partial charge in [0.2, 0.25) is 17.7 Å². The second-order valence-corrected chi connectivity index (χ2v) is 9.28. The standard InChI is InChI=1S/C26H36N4O6/c1-16(2)25(29-21(32)8-6-5-7-11-30-23(34)9-10-24(30)35)26(36)27-14-22(33)28-20-13-17(3)19(15-31)12-18(20)4/h9-10,12-13,16,25,31H,5-8,11,14-15H2,1-4H3,(H,27,36)(H,28,33)(H,29,32). The Bertz CT molecular complexity index is 1020. The fourth-order valence-electron chi connectivity index (χ4n) is 3.82. The van der Waals surface area contributed by atoms with Crippen molar-refractivity contribution in [3.8, 4) is 0 Å². The van der Waals surface area contributed by atoms with Crippen LogP contribution in [-0.4, -0.2) is 58.7 Å². The van der Waals surface area contributed by atoms with Crippen LogP contribution in [0.1, 0.15) is 56.2 Å². The van der Waals surface area contributed by atoms with Crippen LogP contribution >= 0.6 is 0 Å². The SMILES string of the molecule is Cc1cc(NC(=O)CNC(=O)C(NC(=O)CCCCCN2C(=O)C=CC2=O)C(C)C)c(C)cc1CO. The summed E-state index contributed by atoms with van der Waals surface area (Å²) in [6.07, 6.45) is 4.50. The molecule has 1 aliphatic heterocycles. The first-order valence-electron chi connectivity index (χ1n) is 12.1. The first-order chi connectivity index (χ1) is 17.0. The molecule has 1 aromatic rings. The highest BCUT2D eigenvalue weighted by Gasteiger charge is 2.25. The topological polar surface area (TPSA) is 145 Å². The van der Waals surface area contributed by atoms with Crippen LogP contribution in [0.15, 0.2) is 24.3 Å². The summed E-state index contributed by atoms with van der Waals surface area (Å²) in [7, 11) is 0. The Balaban J connectivity index is 1.75. The summed E-state index contributed by atoms with van der Waals surface area (Å²) in [5.74, 6) is -1.95. The van der Waals surface area contributed by atoms with Crippen molar-refractivity contribution in [1.82, 2.24) is 15.5 Å². The van der Waals surface area contributed by atoms with E-state index in [1.165, 1.54) is 17.1 Å². The molecule has 1 heterocycles. The molecule has 0 saturated heterocycles. The van der Waals surface area contributed by atoms with Crippen LogP contribution in [0.3, 0.4) is 0 Å². The molecule has 1 aromatic carbocycles. The minimum atomic E-state index is -0.788. The second-order valence-electron chi connectivity index (χ2n) is 9.28. The summed E-state index contributed by atoms with van der Waals surface area (Å²) < 4.78 is 0. The van der Waals surface area contributed by atoms with Crippen LogP contribution in [0.2, 0.25) is 0 Å². The van der Waals surface area contributed by atoms with Crippen molar-refractivity contribution in [2.24, 2.45) is 5.92 Å². The molecule has 10 nitrogen and oxygen atoms in total. The molecule has 1 atom stereocenters. The van der Waals surface area contributed by atoms with E-state index in [0.29, 0.717) is 31.5 Å². The Morgan fingerprint density at radius 2 is 1.61 bits per heavy atom. The predicted molar refractivity (Wildman–Crippen MR) is 135 cm³/mol. The normalized spacial score (nSPS) is 13.8. The summed E-state index contributed by atoms with van der Waals surface area (Å²) >= 11 is 0. The molecular formula is C26H36N4O6. The molecule has 0 aromatic heterocycles. The number of aliphatic hydroxyl groups excluding tert-OH is 1. The zero-order chi connectivity index (χ0) is 26.8. The lowest BCUT2D eigenvalue weighted by Crippen LogP contribution is -2.51. The van der Waals surface area contributed by atoms with Gasteiger partial charge in [-0.2, -0.15) is 0 Å². The van der Waals surface area contributed by atoms with Crippen molar-refractivity contribution in [2.75, 3.05) is 18.4 Å². The molecular weight excluding hydrogens is 464 g/mol. The molecule has 0 bridgehead atoms. The average molecular weight is 501 g/mol. The number of carbonyl (C=O) groups excluding carboxylic acids is 5. The number of benzene rings is 1. The lowest BCUT2D eigenvalue weighted by Gasteiger charge is -2.22. The smallest absolute Gasteiger partial charge is 0.253 e. The van der Waals surface area contributed by atoms with E-state index in [4.69, 9.17) is 0 Å². The summed E-state index contributed by atoms with van der Waals surface area (Å²) in [6.45, 7) is 7.24. The van der Waals surface area contributed by atoms with Crippen molar-refractivity contribution in [2.45, 2.75) is 66.0 Å². The molecule has 0 aliphatic carbocycles. The molecule has 10 heteroatoms. The largest absolute Gasteiger partial charge is 0.392 e. The van der Waals surface area contributed by atoms with E-state index in [2.05, 4.69) is 16.0 Å². The van der Waals surface area contributed by atoms with Crippen LogP contribution in [-0.2, 0) is 30.6 Å². The molecule has 0 radical (unpaired) electrons. The number of rotatable bonds is 13. The van der Waals surface area contributed by atoms with E-state index in [9.17, 15) is 29.1 Å². The van der Waals surface area contributed by atoms with Crippen LogP contribution in [0.5, 0.6) is 0 Å². The third-order valence-electron chi connectivity index (χ3n) is 6.00. The van der Waals surface area contributed by atoms with Crippen molar-refractivity contribution in [3.63, 3.8) is 0 Å². The van der Waals surface area contributed by atoms with Gasteiger partial charge in [-0.3, -0.25) is 28.9 Å². The third kappa shape index (κ3) is 8.30. The molecule has 36 heavy (non-hydrogen) atoms. The van der Waals surface area contributed by atoms with Gasteiger partial charge in [-0.25, -0.2) is 0 Å². The van der Waals surface area contributed by atoms with Gasteiger partial charge in [-0.1, -0.05) is 26.3 Å². The first-order valence-corrected chi connectivity index (χ1v) is 12.1. The van der Waals surface area contributed by atoms with Gasteiger partial charge in [0.05, 0.1) is 13.2 Å². The van der Waals surface area contributed by atoms with Crippen LogP contribution in [0.25, 0.3) is 0 Å². The Hall–Kier alpha value is -3.53. The van der Waals surface area contributed by atoms with E-state index in [-0.39, 0.29) is 43.2 Å². The number of anilines is 1.